The van der Waals surface area contributed by atoms with Crippen LogP contribution in [-0.2, 0) is 0 Å². The molecule has 0 radical (unpaired) electrons. The topological polar surface area (TPSA) is 50.9 Å². The normalized spacial score (nSPS) is 12.1. The summed E-state index contributed by atoms with van der Waals surface area (Å²) in [4.78, 5) is 4.13. The number of hydrogen-bond donors (Lipinski definition) is 2. The number of nitrogens with two attached hydrogens (primary N) is 1. The van der Waals surface area contributed by atoms with Crippen molar-refractivity contribution in [2.24, 2.45) is 5.84 Å². The number of halogens is 2. The van der Waals surface area contributed by atoms with Gasteiger partial charge < -0.3 is 0 Å². The highest BCUT2D eigenvalue weighted by Gasteiger charge is 2.14. The maximum atomic E-state index is 5.99. The van der Waals surface area contributed by atoms with E-state index in [9.17, 15) is 0 Å². The van der Waals surface area contributed by atoms with Crippen LogP contribution >= 0.6 is 23.2 Å². The molecule has 3 N–H and O–H groups in total. The van der Waals surface area contributed by atoms with Crippen LogP contribution in [0, 0.1) is 12.3 Å². The van der Waals surface area contributed by atoms with Crippen LogP contribution in [0.2, 0.25) is 10.0 Å². The van der Waals surface area contributed by atoms with Gasteiger partial charge in [0.1, 0.15) is 0 Å². The van der Waals surface area contributed by atoms with Gasteiger partial charge in [0, 0.05) is 12.6 Å². The molecule has 1 unspecified atom stereocenters. The minimum atomic E-state index is -0.147. The van der Waals surface area contributed by atoms with E-state index in [0.29, 0.717) is 28.6 Å². The molecule has 0 aliphatic rings. The summed E-state index contributed by atoms with van der Waals surface area (Å²) in [6, 6.07) is 1.48. The monoisotopic (exact) mass is 243 g/mol. The lowest BCUT2D eigenvalue weighted by molar-refractivity contribution is 0.512. The lowest BCUT2D eigenvalue weighted by Gasteiger charge is -2.15. The number of rotatable bonds is 4. The van der Waals surface area contributed by atoms with E-state index in [1.54, 1.807) is 6.07 Å². The number of nitrogens with zero attached hydrogens (tertiary/aromatic N) is 1. The van der Waals surface area contributed by atoms with E-state index < -0.39 is 0 Å². The molecule has 0 aliphatic carbocycles. The fourth-order valence-electron chi connectivity index (χ4n) is 1.21. The summed E-state index contributed by atoms with van der Waals surface area (Å²) in [6.07, 6.45) is 8.00. The average molecular weight is 244 g/mol. The Morgan fingerprint density at radius 2 is 2.33 bits per heavy atom. The standard InChI is InChI=1S/C10H11Cl2N3/c1-2-3-4-9(15-13)10-8(12)5-7(11)6-14-10/h1,5-6,9,15H,3-4,13H2. The van der Waals surface area contributed by atoms with Gasteiger partial charge in [-0.15, -0.1) is 12.3 Å². The minimum Gasteiger partial charge on any atom is -0.271 e. The molecule has 0 aromatic carbocycles. The van der Waals surface area contributed by atoms with Gasteiger partial charge in [0.15, 0.2) is 0 Å². The molecule has 0 aliphatic heterocycles. The van der Waals surface area contributed by atoms with Gasteiger partial charge in [-0.2, -0.15) is 0 Å². The molecule has 0 spiro atoms. The van der Waals surface area contributed by atoms with Crippen molar-refractivity contribution >= 4 is 23.2 Å². The average Bonchev–Trinajstić information content (AvgIpc) is 2.21. The van der Waals surface area contributed by atoms with Gasteiger partial charge in [0.05, 0.1) is 21.8 Å². The predicted octanol–water partition coefficient (Wildman–Crippen LogP) is 2.31. The molecule has 15 heavy (non-hydrogen) atoms. The van der Waals surface area contributed by atoms with Crippen molar-refractivity contribution in [2.45, 2.75) is 18.9 Å². The molecule has 1 heterocycles. The van der Waals surface area contributed by atoms with Gasteiger partial charge in [-0.3, -0.25) is 16.3 Å². The lowest BCUT2D eigenvalue weighted by atomic mass is 10.1. The third kappa shape index (κ3) is 3.37. The Labute approximate surface area is 98.9 Å². The van der Waals surface area contributed by atoms with Crippen molar-refractivity contribution in [2.75, 3.05) is 0 Å². The second-order valence-corrected chi connectivity index (χ2v) is 3.83. The highest BCUT2D eigenvalue weighted by Crippen LogP contribution is 2.25. The van der Waals surface area contributed by atoms with Crippen LogP contribution in [0.3, 0.4) is 0 Å². The molecule has 0 bridgehead atoms. The quantitative estimate of drug-likeness (QED) is 0.485. The summed E-state index contributed by atoms with van der Waals surface area (Å²) in [7, 11) is 0. The molecule has 5 heteroatoms. The fourth-order valence-corrected chi connectivity index (χ4v) is 1.72. The van der Waals surface area contributed by atoms with Gasteiger partial charge >= 0.3 is 0 Å². The van der Waals surface area contributed by atoms with Gasteiger partial charge in [-0.05, 0) is 12.5 Å². The Kier molecular flexibility index (Phi) is 4.86. The molecule has 1 aromatic heterocycles. The van der Waals surface area contributed by atoms with E-state index >= 15 is 0 Å². The molecule has 80 valence electrons. The van der Waals surface area contributed by atoms with Gasteiger partial charge in [-0.25, -0.2) is 0 Å². The first-order chi connectivity index (χ1) is 7.19. The second-order valence-electron chi connectivity index (χ2n) is 2.98. The molecule has 0 saturated heterocycles. The molecule has 1 rings (SSSR count). The Balaban J connectivity index is 2.87. The zero-order chi connectivity index (χ0) is 11.3. The Hall–Kier alpha value is -0.790. The summed E-state index contributed by atoms with van der Waals surface area (Å²) < 4.78 is 0. The van der Waals surface area contributed by atoms with E-state index in [2.05, 4.69) is 16.3 Å². The van der Waals surface area contributed by atoms with Crippen LogP contribution in [0.5, 0.6) is 0 Å². The van der Waals surface area contributed by atoms with Crippen LogP contribution in [-0.4, -0.2) is 4.98 Å². The van der Waals surface area contributed by atoms with Crippen molar-refractivity contribution in [3.63, 3.8) is 0 Å². The minimum absolute atomic E-state index is 0.147. The summed E-state index contributed by atoms with van der Waals surface area (Å²) in [5.74, 6) is 7.94. The lowest BCUT2D eigenvalue weighted by Crippen LogP contribution is -2.28. The van der Waals surface area contributed by atoms with Crippen LogP contribution in [0.1, 0.15) is 24.6 Å². The number of terminal acetylenes is 1. The third-order valence-electron chi connectivity index (χ3n) is 1.94. The Bertz CT molecular complexity index is 373. The number of hydrazine groups is 1. The first-order valence-electron chi connectivity index (χ1n) is 4.39. The Morgan fingerprint density at radius 1 is 1.60 bits per heavy atom. The van der Waals surface area contributed by atoms with Crippen molar-refractivity contribution in [1.29, 1.82) is 0 Å². The van der Waals surface area contributed by atoms with E-state index in [-0.39, 0.29) is 6.04 Å². The van der Waals surface area contributed by atoms with E-state index in [1.807, 2.05) is 0 Å². The van der Waals surface area contributed by atoms with Crippen molar-refractivity contribution in [3.05, 3.63) is 28.0 Å². The van der Waals surface area contributed by atoms with E-state index in [4.69, 9.17) is 35.5 Å². The second kappa shape index (κ2) is 5.94. The summed E-state index contributed by atoms with van der Waals surface area (Å²) in [5.41, 5.74) is 3.29. The SMILES string of the molecule is C#CCCC(NN)c1ncc(Cl)cc1Cl. The van der Waals surface area contributed by atoms with Crippen LogP contribution in [0.4, 0.5) is 0 Å². The first-order valence-corrected chi connectivity index (χ1v) is 5.15. The maximum Gasteiger partial charge on any atom is 0.0773 e. The summed E-state index contributed by atoms with van der Waals surface area (Å²) in [6.45, 7) is 0. The van der Waals surface area contributed by atoms with Gasteiger partial charge in [0.25, 0.3) is 0 Å². The highest BCUT2D eigenvalue weighted by atomic mass is 35.5. The first kappa shape index (κ1) is 12.3. The molecular weight excluding hydrogens is 233 g/mol. The molecule has 0 amide bonds. The zero-order valence-electron chi connectivity index (χ0n) is 8.00. The molecule has 1 aromatic rings. The number of nitrogens with one attached hydrogen (secondary N) is 1. The molecular formula is C10H11Cl2N3. The van der Waals surface area contributed by atoms with Crippen molar-refractivity contribution in [1.82, 2.24) is 10.4 Å². The molecule has 1 atom stereocenters. The third-order valence-corrected chi connectivity index (χ3v) is 2.45. The zero-order valence-corrected chi connectivity index (χ0v) is 9.52. The molecule has 3 nitrogen and oxygen atoms in total. The fraction of sp³-hybridized carbons (Fsp3) is 0.300. The number of hydrogen-bond acceptors (Lipinski definition) is 3. The van der Waals surface area contributed by atoms with Crippen molar-refractivity contribution < 1.29 is 0 Å². The number of aromatic nitrogens is 1. The largest absolute Gasteiger partial charge is 0.271 e. The highest BCUT2D eigenvalue weighted by molar-refractivity contribution is 6.34. The Morgan fingerprint density at radius 3 is 2.87 bits per heavy atom. The van der Waals surface area contributed by atoms with Crippen LogP contribution in [0.25, 0.3) is 0 Å². The maximum absolute atomic E-state index is 5.99. The summed E-state index contributed by atoms with van der Waals surface area (Å²) >= 11 is 11.7. The van der Waals surface area contributed by atoms with Gasteiger partial charge in [0.2, 0.25) is 0 Å². The van der Waals surface area contributed by atoms with Crippen LogP contribution in [0.15, 0.2) is 12.3 Å². The molecule has 0 fully saturated rings. The predicted molar refractivity (Wildman–Crippen MR) is 62.4 cm³/mol. The van der Waals surface area contributed by atoms with Crippen molar-refractivity contribution in [3.8, 4) is 12.3 Å². The smallest absolute Gasteiger partial charge is 0.0773 e. The molecule has 0 saturated carbocycles. The van der Waals surface area contributed by atoms with E-state index in [0.717, 1.165) is 0 Å². The summed E-state index contributed by atoms with van der Waals surface area (Å²) in [5, 5.41) is 0.985. The van der Waals surface area contributed by atoms with Crippen LogP contribution < -0.4 is 11.3 Å². The number of pyridine rings is 1. The van der Waals surface area contributed by atoms with Gasteiger partial charge in [-0.1, -0.05) is 23.2 Å². The van der Waals surface area contributed by atoms with E-state index in [1.165, 1.54) is 6.20 Å².